The van der Waals surface area contributed by atoms with Crippen LogP contribution in [-0.2, 0) is 17.9 Å². The number of amides is 1. The van der Waals surface area contributed by atoms with Crippen LogP contribution in [0.25, 0.3) is 0 Å². The first-order valence-electron chi connectivity index (χ1n) is 10.5. The molecule has 160 valence electrons. The Morgan fingerprint density at radius 1 is 0.875 bits per heavy atom. The molecule has 0 atom stereocenters. The minimum Gasteiger partial charge on any atom is -0.489 e. The Balaban J connectivity index is 1.40. The van der Waals surface area contributed by atoms with Gasteiger partial charge < -0.3 is 15.0 Å². The third-order valence-electron chi connectivity index (χ3n) is 5.03. The van der Waals surface area contributed by atoms with Crippen LogP contribution in [0.2, 0.25) is 0 Å². The van der Waals surface area contributed by atoms with Crippen LogP contribution in [0.1, 0.15) is 21.5 Å². The third kappa shape index (κ3) is 5.73. The molecule has 1 heterocycles. The van der Waals surface area contributed by atoms with Gasteiger partial charge in [-0.1, -0.05) is 66.7 Å². The van der Waals surface area contributed by atoms with E-state index in [1.54, 1.807) is 36.5 Å². The third-order valence-corrected chi connectivity index (χ3v) is 5.03. The molecule has 0 unspecified atom stereocenters. The summed E-state index contributed by atoms with van der Waals surface area (Å²) in [4.78, 5) is 27.2. The van der Waals surface area contributed by atoms with Gasteiger partial charge in [-0.2, -0.15) is 0 Å². The number of hydrogen-bond donors (Lipinski definition) is 1. The maximum atomic E-state index is 12.7. The van der Waals surface area contributed by atoms with E-state index in [1.807, 2.05) is 65.6 Å². The van der Waals surface area contributed by atoms with Crippen LogP contribution in [0.4, 0.5) is 0 Å². The van der Waals surface area contributed by atoms with Gasteiger partial charge in [-0.25, -0.2) is 0 Å². The number of allylic oxidation sites excluding steroid dienone is 1. The first-order valence-corrected chi connectivity index (χ1v) is 10.5. The van der Waals surface area contributed by atoms with Crippen LogP contribution in [0.5, 0.6) is 5.75 Å². The maximum absolute atomic E-state index is 12.7. The van der Waals surface area contributed by atoms with Gasteiger partial charge in [-0.05, 0) is 41.5 Å². The summed E-state index contributed by atoms with van der Waals surface area (Å²) in [5, 5.41) is 2.76. The predicted octanol–water partition coefficient (Wildman–Crippen LogP) is 4.48. The molecule has 1 aliphatic heterocycles. The molecule has 0 aliphatic carbocycles. The first-order chi connectivity index (χ1) is 15.7. The quantitative estimate of drug-likeness (QED) is 0.608. The molecule has 5 heteroatoms. The van der Waals surface area contributed by atoms with Gasteiger partial charge in [0.15, 0.2) is 0 Å². The van der Waals surface area contributed by atoms with Crippen molar-refractivity contribution in [2.45, 2.75) is 13.2 Å². The minimum absolute atomic E-state index is 0.225. The van der Waals surface area contributed by atoms with Crippen LogP contribution in [0.3, 0.4) is 0 Å². The fourth-order valence-electron chi connectivity index (χ4n) is 3.34. The molecule has 3 aromatic carbocycles. The number of carbonyl (C=O) groups excluding carboxylic acids is 2. The molecular formula is C27H24N2O3. The van der Waals surface area contributed by atoms with E-state index in [2.05, 4.69) is 5.32 Å². The molecule has 1 N–H and O–H groups in total. The topological polar surface area (TPSA) is 58.6 Å². The second-order valence-corrected chi connectivity index (χ2v) is 7.48. The van der Waals surface area contributed by atoms with Crippen LogP contribution in [0, 0.1) is 0 Å². The van der Waals surface area contributed by atoms with Gasteiger partial charge in [0.1, 0.15) is 18.1 Å². The summed E-state index contributed by atoms with van der Waals surface area (Å²) >= 11 is 0. The molecule has 0 radical (unpaired) electrons. The lowest BCUT2D eigenvalue weighted by atomic mass is 10.2. The van der Waals surface area contributed by atoms with Crippen molar-refractivity contribution in [2.75, 3.05) is 6.54 Å². The van der Waals surface area contributed by atoms with E-state index in [0.29, 0.717) is 31.0 Å². The van der Waals surface area contributed by atoms with Crippen LogP contribution < -0.4 is 10.1 Å². The van der Waals surface area contributed by atoms with Gasteiger partial charge >= 0.3 is 0 Å². The summed E-state index contributed by atoms with van der Waals surface area (Å²) < 4.78 is 5.77. The van der Waals surface area contributed by atoms with Crippen molar-refractivity contribution < 1.29 is 14.3 Å². The van der Waals surface area contributed by atoms with Crippen LogP contribution >= 0.6 is 0 Å². The zero-order chi connectivity index (χ0) is 22.2. The Bertz CT molecular complexity index is 1120. The molecule has 0 bridgehead atoms. The predicted molar refractivity (Wildman–Crippen MR) is 124 cm³/mol. The Morgan fingerprint density at radius 3 is 2.22 bits per heavy atom. The Kier molecular flexibility index (Phi) is 6.78. The lowest BCUT2D eigenvalue weighted by molar-refractivity contribution is -0.111. The van der Waals surface area contributed by atoms with Gasteiger partial charge in [0, 0.05) is 24.9 Å². The molecule has 0 fully saturated rings. The highest BCUT2D eigenvalue weighted by Crippen LogP contribution is 2.15. The standard InChI is InChI=1S/C27H24N2O3/c30-26-12-7-17-29(18-21-8-3-1-4-9-21)19-25(26)28-27(31)23-13-15-24(16-14-23)32-20-22-10-5-2-6-11-22/h1-16,19H,17-18,20H2,(H,28,31). The second kappa shape index (κ2) is 10.3. The highest BCUT2D eigenvalue weighted by molar-refractivity contribution is 6.08. The number of ether oxygens (including phenoxy) is 1. The first kappa shape index (κ1) is 21.1. The van der Waals surface area contributed by atoms with E-state index in [-0.39, 0.29) is 17.4 Å². The average molecular weight is 425 g/mol. The number of hydrogen-bond acceptors (Lipinski definition) is 4. The number of benzene rings is 3. The average Bonchev–Trinajstić information content (AvgIpc) is 3.00. The number of ketones is 1. The van der Waals surface area contributed by atoms with Crippen LogP contribution in [-0.4, -0.2) is 23.1 Å². The highest BCUT2D eigenvalue weighted by atomic mass is 16.5. The van der Waals surface area contributed by atoms with Crippen molar-refractivity contribution in [1.29, 1.82) is 0 Å². The summed E-state index contributed by atoms with van der Waals surface area (Å²) in [6.07, 6.45) is 5.02. The Labute approximate surface area is 187 Å². The van der Waals surface area contributed by atoms with Crippen molar-refractivity contribution in [3.63, 3.8) is 0 Å². The molecule has 1 amide bonds. The molecule has 5 nitrogen and oxygen atoms in total. The van der Waals surface area contributed by atoms with Gasteiger partial charge in [0.2, 0.25) is 5.78 Å². The summed E-state index contributed by atoms with van der Waals surface area (Å²) in [5.41, 5.74) is 2.90. The summed E-state index contributed by atoms with van der Waals surface area (Å²) in [6.45, 7) is 1.69. The summed E-state index contributed by atoms with van der Waals surface area (Å²) in [6, 6.07) is 26.8. The molecular weight excluding hydrogens is 400 g/mol. The van der Waals surface area contributed by atoms with E-state index in [4.69, 9.17) is 4.74 Å². The fourth-order valence-corrected chi connectivity index (χ4v) is 3.34. The molecule has 3 aromatic rings. The molecule has 4 rings (SSSR count). The van der Waals surface area contributed by atoms with Crippen molar-refractivity contribution in [3.8, 4) is 5.75 Å². The van der Waals surface area contributed by atoms with Gasteiger partial charge in [-0.15, -0.1) is 0 Å². The summed E-state index contributed by atoms with van der Waals surface area (Å²) in [7, 11) is 0. The van der Waals surface area contributed by atoms with Crippen molar-refractivity contribution in [2.24, 2.45) is 0 Å². The van der Waals surface area contributed by atoms with Crippen molar-refractivity contribution in [3.05, 3.63) is 126 Å². The summed E-state index contributed by atoms with van der Waals surface area (Å²) in [5.74, 6) is 0.109. The van der Waals surface area contributed by atoms with Crippen molar-refractivity contribution in [1.82, 2.24) is 10.2 Å². The van der Waals surface area contributed by atoms with Gasteiger partial charge in [-0.3, -0.25) is 9.59 Å². The lowest BCUT2D eigenvalue weighted by Gasteiger charge is -2.19. The van der Waals surface area contributed by atoms with E-state index >= 15 is 0 Å². The zero-order valence-corrected chi connectivity index (χ0v) is 17.6. The normalized spacial score (nSPS) is 13.3. The maximum Gasteiger partial charge on any atom is 0.255 e. The van der Waals surface area contributed by atoms with E-state index < -0.39 is 0 Å². The van der Waals surface area contributed by atoms with Crippen LogP contribution in [0.15, 0.2) is 109 Å². The molecule has 0 aromatic heterocycles. The molecule has 0 saturated heterocycles. The fraction of sp³-hybridized carbons (Fsp3) is 0.111. The minimum atomic E-state index is -0.339. The Morgan fingerprint density at radius 2 is 1.53 bits per heavy atom. The number of rotatable bonds is 7. The van der Waals surface area contributed by atoms with E-state index in [0.717, 1.165) is 11.1 Å². The highest BCUT2D eigenvalue weighted by Gasteiger charge is 2.16. The van der Waals surface area contributed by atoms with E-state index in [1.165, 1.54) is 6.08 Å². The second-order valence-electron chi connectivity index (χ2n) is 7.48. The van der Waals surface area contributed by atoms with Gasteiger partial charge in [0.05, 0.1) is 0 Å². The molecule has 32 heavy (non-hydrogen) atoms. The lowest BCUT2D eigenvalue weighted by Crippen LogP contribution is -2.28. The Hall–Kier alpha value is -4.12. The number of carbonyl (C=O) groups is 2. The smallest absolute Gasteiger partial charge is 0.255 e. The van der Waals surface area contributed by atoms with Gasteiger partial charge in [0.25, 0.3) is 5.91 Å². The number of nitrogens with zero attached hydrogens (tertiary/aromatic N) is 1. The monoisotopic (exact) mass is 424 g/mol. The molecule has 0 spiro atoms. The molecule has 1 aliphatic rings. The SMILES string of the molecule is O=C1C=CCN(Cc2ccccc2)C=C1NC(=O)c1ccc(OCc2ccccc2)cc1. The number of nitrogens with one attached hydrogen (secondary N) is 1. The van der Waals surface area contributed by atoms with E-state index in [9.17, 15) is 9.59 Å². The zero-order valence-electron chi connectivity index (χ0n) is 17.6. The largest absolute Gasteiger partial charge is 0.489 e. The van der Waals surface area contributed by atoms with Crippen molar-refractivity contribution >= 4 is 11.7 Å². The molecule has 0 saturated carbocycles.